The van der Waals surface area contributed by atoms with Crippen molar-refractivity contribution in [1.29, 1.82) is 0 Å². The third-order valence-corrected chi connectivity index (χ3v) is 6.01. The van der Waals surface area contributed by atoms with Crippen LogP contribution >= 0.6 is 0 Å². The molecule has 0 spiro atoms. The second-order valence-corrected chi connectivity index (χ2v) is 9.27. The number of amides is 1. The maximum atomic E-state index is 12.7. The normalized spacial score (nSPS) is 11.0. The van der Waals surface area contributed by atoms with E-state index >= 15 is 0 Å². The third-order valence-electron chi connectivity index (χ3n) is 6.01. The standard InChI is InChI=1S/C30H26N4O4/c1-18(2)16-31-27-25-24(19-7-4-3-5-8-19)26(38-29(25)33-17-32-27)20-11-13-23(14-12-20)34-28(35)21-9-6-10-22(15-21)30(36)37/h3-15,17-18H,16H2,1-2H3,(H,34,35)(H,36,37)(H,31,32,33). The lowest BCUT2D eigenvalue weighted by Gasteiger charge is -2.10. The lowest BCUT2D eigenvalue weighted by Crippen LogP contribution is -2.12. The third kappa shape index (κ3) is 5.10. The van der Waals surface area contributed by atoms with Crippen LogP contribution in [0.3, 0.4) is 0 Å². The first-order chi connectivity index (χ1) is 18.4. The Hall–Kier alpha value is -4.98. The van der Waals surface area contributed by atoms with Crippen molar-refractivity contribution in [2.45, 2.75) is 13.8 Å². The smallest absolute Gasteiger partial charge is 0.335 e. The number of nitrogens with one attached hydrogen (secondary N) is 2. The van der Waals surface area contributed by atoms with Crippen molar-refractivity contribution in [2.75, 3.05) is 17.2 Å². The number of anilines is 2. The van der Waals surface area contributed by atoms with E-state index in [2.05, 4.69) is 34.4 Å². The maximum absolute atomic E-state index is 12.7. The Morgan fingerprint density at radius 2 is 1.63 bits per heavy atom. The van der Waals surface area contributed by atoms with E-state index in [4.69, 9.17) is 4.42 Å². The van der Waals surface area contributed by atoms with Crippen LogP contribution in [0.2, 0.25) is 0 Å². The molecule has 8 heteroatoms. The average molecular weight is 507 g/mol. The molecule has 5 aromatic rings. The Morgan fingerprint density at radius 1 is 0.895 bits per heavy atom. The van der Waals surface area contributed by atoms with Gasteiger partial charge in [-0.3, -0.25) is 4.79 Å². The van der Waals surface area contributed by atoms with Gasteiger partial charge in [-0.1, -0.05) is 50.2 Å². The fraction of sp³-hybridized carbons (Fsp3) is 0.133. The number of benzene rings is 3. The van der Waals surface area contributed by atoms with E-state index in [0.29, 0.717) is 28.9 Å². The number of furan rings is 1. The molecule has 0 aliphatic heterocycles. The molecule has 2 heterocycles. The van der Waals surface area contributed by atoms with Crippen molar-refractivity contribution in [3.8, 4) is 22.5 Å². The van der Waals surface area contributed by atoms with Crippen LogP contribution in [0.15, 0.2) is 89.6 Å². The highest BCUT2D eigenvalue weighted by molar-refractivity contribution is 6.07. The highest BCUT2D eigenvalue weighted by Gasteiger charge is 2.22. The van der Waals surface area contributed by atoms with Crippen molar-refractivity contribution < 1.29 is 19.1 Å². The molecule has 0 aliphatic carbocycles. The van der Waals surface area contributed by atoms with Gasteiger partial charge in [-0.15, -0.1) is 0 Å². The number of carbonyl (C=O) groups is 2. The van der Waals surface area contributed by atoms with E-state index in [9.17, 15) is 14.7 Å². The molecule has 0 atom stereocenters. The summed E-state index contributed by atoms with van der Waals surface area (Å²) >= 11 is 0. The van der Waals surface area contributed by atoms with Gasteiger partial charge in [0.15, 0.2) is 0 Å². The summed E-state index contributed by atoms with van der Waals surface area (Å²) in [6.45, 7) is 5.02. The number of carbonyl (C=O) groups excluding carboxylic acids is 1. The first-order valence-electron chi connectivity index (χ1n) is 12.2. The van der Waals surface area contributed by atoms with E-state index in [1.54, 1.807) is 24.3 Å². The van der Waals surface area contributed by atoms with E-state index < -0.39 is 11.9 Å². The minimum absolute atomic E-state index is 0.0525. The summed E-state index contributed by atoms with van der Waals surface area (Å²) in [5.74, 6) is 0.305. The molecule has 3 N–H and O–H groups in total. The van der Waals surface area contributed by atoms with Crippen LogP contribution in [-0.2, 0) is 0 Å². The molecule has 1 amide bonds. The van der Waals surface area contributed by atoms with E-state index in [1.807, 2.05) is 42.5 Å². The van der Waals surface area contributed by atoms with Crippen LogP contribution in [0.5, 0.6) is 0 Å². The van der Waals surface area contributed by atoms with Crippen molar-refractivity contribution in [3.05, 3.63) is 96.3 Å². The number of aromatic nitrogens is 2. The number of carboxylic acids is 1. The average Bonchev–Trinajstić information content (AvgIpc) is 3.33. The van der Waals surface area contributed by atoms with Gasteiger partial charge in [-0.2, -0.15) is 0 Å². The first kappa shape index (κ1) is 24.7. The number of hydrogen-bond donors (Lipinski definition) is 3. The van der Waals surface area contributed by atoms with Crippen molar-refractivity contribution in [1.82, 2.24) is 9.97 Å². The van der Waals surface area contributed by atoms with Gasteiger partial charge in [0.1, 0.15) is 17.9 Å². The van der Waals surface area contributed by atoms with Gasteiger partial charge in [0.25, 0.3) is 5.91 Å². The van der Waals surface area contributed by atoms with Crippen LogP contribution < -0.4 is 10.6 Å². The number of fused-ring (bicyclic) bond motifs is 1. The molecule has 3 aromatic carbocycles. The minimum atomic E-state index is -1.09. The number of aromatic carboxylic acids is 1. The van der Waals surface area contributed by atoms with E-state index in [1.165, 1.54) is 18.5 Å². The number of carboxylic acid groups (broad SMARTS) is 1. The molecule has 0 fully saturated rings. The van der Waals surface area contributed by atoms with Crippen molar-refractivity contribution in [2.24, 2.45) is 5.92 Å². The Labute approximate surface area is 219 Å². The van der Waals surface area contributed by atoms with Crippen molar-refractivity contribution in [3.63, 3.8) is 0 Å². The van der Waals surface area contributed by atoms with Crippen LogP contribution in [0.4, 0.5) is 11.5 Å². The molecule has 0 radical (unpaired) electrons. The fourth-order valence-corrected chi connectivity index (χ4v) is 4.15. The van der Waals surface area contributed by atoms with Crippen molar-refractivity contribution >= 4 is 34.5 Å². The minimum Gasteiger partial charge on any atom is -0.478 e. The highest BCUT2D eigenvalue weighted by atomic mass is 16.4. The van der Waals surface area contributed by atoms with Gasteiger partial charge in [0.2, 0.25) is 5.71 Å². The Morgan fingerprint density at radius 3 is 2.34 bits per heavy atom. The van der Waals surface area contributed by atoms with Gasteiger partial charge >= 0.3 is 5.97 Å². The molecule has 0 saturated heterocycles. The quantitative estimate of drug-likeness (QED) is 0.218. The SMILES string of the molecule is CC(C)CNc1ncnc2oc(-c3ccc(NC(=O)c4cccc(C(=O)O)c4)cc3)c(-c3ccccc3)c12. The zero-order chi connectivity index (χ0) is 26.6. The molecular formula is C30H26N4O4. The molecule has 8 nitrogen and oxygen atoms in total. The Bertz CT molecular complexity index is 1610. The van der Waals surface area contributed by atoms with Gasteiger partial charge in [-0.05, 0) is 53.9 Å². The maximum Gasteiger partial charge on any atom is 0.335 e. The molecule has 190 valence electrons. The lowest BCUT2D eigenvalue weighted by molar-refractivity contribution is 0.0697. The van der Waals surface area contributed by atoms with Gasteiger partial charge < -0.3 is 20.2 Å². The largest absolute Gasteiger partial charge is 0.478 e. The van der Waals surface area contributed by atoms with Gasteiger partial charge in [0, 0.05) is 28.9 Å². The number of nitrogens with zero attached hydrogens (tertiary/aromatic N) is 2. The highest BCUT2D eigenvalue weighted by Crippen LogP contribution is 2.42. The molecule has 0 aliphatic rings. The summed E-state index contributed by atoms with van der Waals surface area (Å²) in [5, 5.41) is 16.2. The topological polar surface area (TPSA) is 117 Å². The molecule has 2 aromatic heterocycles. The zero-order valence-electron chi connectivity index (χ0n) is 20.9. The summed E-state index contributed by atoms with van der Waals surface area (Å²) in [6, 6.07) is 23.1. The lowest BCUT2D eigenvalue weighted by atomic mass is 9.99. The van der Waals surface area contributed by atoms with Crippen LogP contribution in [0.25, 0.3) is 33.6 Å². The predicted molar refractivity (Wildman–Crippen MR) is 147 cm³/mol. The molecule has 38 heavy (non-hydrogen) atoms. The summed E-state index contributed by atoms with van der Waals surface area (Å²) in [7, 11) is 0. The van der Waals surface area contributed by atoms with Crippen LogP contribution in [0.1, 0.15) is 34.6 Å². The summed E-state index contributed by atoms with van der Waals surface area (Å²) < 4.78 is 6.28. The second-order valence-electron chi connectivity index (χ2n) is 9.27. The van der Waals surface area contributed by atoms with Crippen LogP contribution in [-0.4, -0.2) is 33.5 Å². The predicted octanol–water partition coefficient (Wildman–Crippen LogP) is 6.58. The summed E-state index contributed by atoms with van der Waals surface area (Å²) in [6.07, 6.45) is 1.49. The fourth-order valence-electron chi connectivity index (χ4n) is 4.15. The van der Waals surface area contributed by atoms with E-state index in [-0.39, 0.29) is 11.1 Å². The van der Waals surface area contributed by atoms with Gasteiger partial charge in [0.05, 0.1) is 10.9 Å². The molecule has 0 saturated carbocycles. The number of hydrogen-bond acceptors (Lipinski definition) is 6. The summed E-state index contributed by atoms with van der Waals surface area (Å²) in [5.41, 5.74) is 4.03. The molecule has 0 bridgehead atoms. The molecule has 0 unspecified atom stereocenters. The Kier molecular flexibility index (Phi) is 6.86. The second kappa shape index (κ2) is 10.6. The monoisotopic (exact) mass is 506 g/mol. The van der Waals surface area contributed by atoms with Gasteiger partial charge in [-0.25, -0.2) is 14.8 Å². The summed E-state index contributed by atoms with van der Waals surface area (Å²) in [4.78, 5) is 32.8. The van der Waals surface area contributed by atoms with Crippen LogP contribution in [0, 0.1) is 5.92 Å². The zero-order valence-corrected chi connectivity index (χ0v) is 20.9. The number of rotatable bonds is 8. The van der Waals surface area contributed by atoms with E-state index in [0.717, 1.165) is 28.6 Å². The molecule has 5 rings (SSSR count). The Balaban J connectivity index is 1.50. The first-order valence-corrected chi connectivity index (χ1v) is 12.2. The molecular weight excluding hydrogens is 480 g/mol.